The average Bonchev–Trinajstić information content (AvgIpc) is 2.48. The number of hydrogen-bond donors (Lipinski definition) is 2. The Bertz CT molecular complexity index is 464. The molecule has 1 aromatic rings. The van der Waals surface area contributed by atoms with Crippen LogP contribution in [0.2, 0.25) is 0 Å². The van der Waals surface area contributed by atoms with Gasteiger partial charge in [0.15, 0.2) is 0 Å². The van der Waals surface area contributed by atoms with Crippen LogP contribution in [0.3, 0.4) is 0 Å². The molecule has 0 radical (unpaired) electrons. The summed E-state index contributed by atoms with van der Waals surface area (Å²) in [4.78, 5) is 2.40. The number of phenols is 1. The second-order valence-corrected chi connectivity index (χ2v) is 6.67. The Morgan fingerprint density at radius 2 is 1.95 bits per heavy atom. The molecule has 21 heavy (non-hydrogen) atoms. The highest BCUT2D eigenvalue weighted by Crippen LogP contribution is 2.37. The lowest BCUT2D eigenvalue weighted by atomic mass is 9.78. The van der Waals surface area contributed by atoms with Gasteiger partial charge in [0, 0.05) is 36.4 Å². The lowest BCUT2D eigenvalue weighted by molar-refractivity contribution is 0.238. The minimum absolute atomic E-state index is 0.189. The molecule has 1 heterocycles. The highest BCUT2D eigenvalue weighted by molar-refractivity contribution is 5.54. The quantitative estimate of drug-likeness (QED) is 0.857. The van der Waals surface area contributed by atoms with Crippen LogP contribution in [-0.4, -0.2) is 24.7 Å². The second-order valence-electron chi connectivity index (χ2n) is 6.67. The lowest BCUT2D eigenvalue weighted by Gasteiger charge is -2.40. The van der Waals surface area contributed by atoms with Crippen LogP contribution >= 0.6 is 0 Å². The zero-order chi connectivity index (χ0) is 15.5. The van der Waals surface area contributed by atoms with E-state index in [1.807, 2.05) is 6.07 Å². The van der Waals surface area contributed by atoms with Crippen molar-refractivity contribution >= 4 is 5.69 Å². The van der Waals surface area contributed by atoms with Crippen LogP contribution in [0.1, 0.15) is 58.6 Å². The van der Waals surface area contributed by atoms with Crippen molar-refractivity contribution in [1.29, 1.82) is 0 Å². The largest absolute Gasteiger partial charge is 0.508 e. The highest BCUT2D eigenvalue weighted by atomic mass is 16.3. The SMILES string of the molecule is CCNC(C)c1ccc(N2CCC(C)(CC)CC2)cc1O. The number of nitrogens with zero attached hydrogens (tertiary/aromatic N) is 1. The topological polar surface area (TPSA) is 35.5 Å². The molecule has 2 rings (SSSR count). The van der Waals surface area contributed by atoms with Gasteiger partial charge in [0.25, 0.3) is 0 Å². The van der Waals surface area contributed by atoms with Gasteiger partial charge in [-0.1, -0.05) is 33.3 Å². The Morgan fingerprint density at radius 3 is 2.48 bits per heavy atom. The van der Waals surface area contributed by atoms with Crippen LogP contribution in [-0.2, 0) is 0 Å². The zero-order valence-corrected chi connectivity index (χ0v) is 13.9. The summed E-state index contributed by atoms with van der Waals surface area (Å²) in [5.74, 6) is 0.407. The Morgan fingerprint density at radius 1 is 1.29 bits per heavy atom. The fourth-order valence-corrected chi connectivity index (χ4v) is 3.17. The molecule has 1 fully saturated rings. The monoisotopic (exact) mass is 290 g/mol. The van der Waals surface area contributed by atoms with Gasteiger partial charge in [0.1, 0.15) is 5.75 Å². The fourth-order valence-electron chi connectivity index (χ4n) is 3.17. The molecule has 118 valence electrons. The van der Waals surface area contributed by atoms with Gasteiger partial charge in [-0.3, -0.25) is 0 Å². The van der Waals surface area contributed by atoms with E-state index in [0.29, 0.717) is 11.2 Å². The molecule has 1 aromatic carbocycles. The maximum atomic E-state index is 10.3. The van der Waals surface area contributed by atoms with Crippen LogP contribution in [0.25, 0.3) is 0 Å². The van der Waals surface area contributed by atoms with Crippen molar-refractivity contribution in [3.63, 3.8) is 0 Å². The van der Waals surface area contributed by atoms with Gasteiger partial charge in [0.05, 0.1) is 0 Å². The van der Waals surface area contributed by atoms with E-state index in [2.05, 4.69) is 50.0 Å². The molecule has 0 aliphatic carbocycles. The third kappa shape index (κ3) is 3.70. The van der Waals surface area contributed by atoms with Crippen molar-refractivity contribution in [2.75, 3.05) is 24.5 Å². The molecule has 2 N–H and O–H groups in total. The van der Waals surface area contributed by atoms with Gasteiger partial charge >= 0.3 is 0 Å². The van der Waals surface area contributed by atoms with Crippen LogP contribution in [0.5, 0.6) is 5.75 Å². The van der Waals surface area contributed by atoms with E-state index < -0.39 is 0 Å². The molecule has 0 spiro atoms. The van der Waals surface area contributed by atoms with Crippen molar-refractivity contribution in [2.45, 2.75) is 53.0 Å². The zero-order valence-electron chi connectivity index (χ0n) is 13.9. The minimum atomic E-state index is 0.189. The van der Waals surface area contributed by atoms with E-state index in [-0.39, 0.29) is 6.04 Å². The molecule has 1 aliphatic rings. The third-order valence-corrected chi connectivity index (χ3v) is 5.18. The summed E-state index contributed by atoms with van der Waals surface area (Å²) >= 11 is 0. The maximum Gasteiger partial charge on any atom is 0.122 e. The van der Waals surface area contributed by atoms with E-state index in [0.717, 1.165) is 30.9 Å². The molecule has 0 saturated carbocycles. The molecule has 0 aromatic heterocycles. The van der Waals surface area contributed by atoms with E-state index in [1.165, 1.54) is 19.3 Å². The second kappa shape index (κ2) is 6.69. The maximum absolute atomic E-state index is 10.3. The Labute approximate surface area is 129 Å². The highest BCUT2D eigenvalue weighted by Gasteiger charge is 2.28. The Hall–Kier alpha value is -1.22. The summed E-state index contributed by atoms with van der Waals surface area (Å²) in [6.07, 6.45) is 3.73. The number of piperidine rings is 1. The summed E-state index contributed by atoms with van der Waals surface area (Å²) in [6.45, 7) is 11.9. The Balaban J connectivity index is 2.07. The van der Waals surface area contributed by atoms with Crippen LogP contribution in [0, 0.1) is 5.41 Å². The van der Waals surface area contributed by atoms with Crippen LogP contribution in [0.4, 0.5) is 5.69 Å². The summed E-state index contributed by atoms with van der Waals surface area (Å²) in [5, 5.41) is 13.6. The smallest absolute Gasteiger partial charge is 0.122 e. The number of rotatable bonds is 5. The minimum Gasteiger partial charge on any atom is -0.508 e. The first-order valence-electron chi connectivity index (χ1n) is 8.30. The number of nitrogens with one attached hydrogen (secondary N) is 1. The van der Waals surface area contributed by atoms with Crippen molar-refractivity contribution in [3.8, 4) is 5.75 Å². The van der Waals surface area contributed by atoms with Crippen LogP contribution in [0.15, 0.2) is 18.2 Å². The van der Waals surface area contributed by atoms with Gasteiger partial charge in [0.2, 0.25) is 0 Å². The summed E-state index contributed by atoms with van der Waals surface area (Å²) in [7, 11) is 0. The van der Waals surface area contributed by atoms with Gasteiger partial charge in [-0.25, -0.2) is 0 Å². The summed E-state index contributed by atoms with van der Waals surface area (Å²) < 4.78 is 0. The molecule has 1 atom stereocenters. The summed E-state index contributed by atoms with van der Waals surface area (Å²) in [5.41, 5.74) is 2.63. The lowest BCUT2D eigenvalue weighted by Crippen LogP contribution is -2.38. The number of hydrogen-bond acceptors (Lipinski definition) is 3. The van der Waals surface area contributed by atoms with E-state index in [9.17, 15) is 5.11 Å². The molecule has 3 heteroatoms. The van der Waals surface area contributed by atoms with E-state index in [1.54, 1.807) is 0 Å². The molecule has 0 amide bonds. The predicted molar refractivity (Wildman–Crippen MR) is 90.0 cm³/mol. The first kappa shape index (κ1) is 16.2. The summed E-state index contributed by atoms with van der Waals surface area (Å²) in [6, 6.07) is 6.33. The molecule has 1 saturated heterocycles. The standard InChI is InChI=1S/C18H30N2O/c1-5-18(4)9-11-20(12-10-18)15-7-8-16(17(21)13-15)14(3)19-6-2/h7-8,13-14,19,21H,5-6,9-12H2,1-4H3. The average molecular weight is 290 g/mol. The fraction of sp³-hybridized carbons (Fsp3) is 0.667. The normalized spacial score (nSPS) is 19.5. The van der Waals surface area contributed by atoms with Crippen molar-refractivity contribution in [3.05, 3.63) is 23.8 Å². The molecule has 3 nitrogen and oxygen atoms in total. The first-order chi connectivity index (χ1) is 9.99. The number of phenolic OH excluding ortho intramolecular Hbond substituents is 1. The van der Waals surface area contributed by atoms with Gasteiger partial charge in [-0.15, -0.1) is 0 Å². The van der Waals surface area contributed by atoms with Crippen molar-refractivity contribution < 1.29 is 5.11 Å². The molecule has 1 aliphatic heterocycles. The van der Waals surface area contributed by atoms with E-state index >= 15 is 0 Å². The number of benzene rings is 1. The third-order valence-electron chi connectivity index (χ3n) is 5.18. The van der Waals surface area contributed by atoms with Gasteiger partial charge in [-0.2, -0.15) is 0 Å². The van der Waals surface area contributed by atoms with Crippen LogP contribution < -0.4 is 10.2 Å². The van der Waals surface area contributed by atoms with Crippen molar-refractivity contribution in [1.82, 2.24) is 5.32 Å². The van der Waals surface area contributed by atoms with Crippen molar-refractivity contribution in [2.24, 2.45) is 5.41 Å². The van der Waals surface area contributed by atoms with Gasteiger partial charge < -0.3 is 15.3 Å². The van der Waals surface area contributed by atoms with E-state index in [4.69, 9.17) is 0 Å². The first-order valence-corrected chi connectivity index (χ1v) is 8.30. The molecular weight excluding hydrogens is 260 g/mol. The number of anilines is 1. The molecule has 1 unspecified atom stereocenters. The molecular formula is C18H30N2O. The van der Waals surface area contributed by atoms with Gasteiger partial charge in [-0.05, 0) is 37.8 Å². The Kier molecular flexibility index (Phi) is 5.15. The predicted octanol–water partition coefficient (Wildman–Crippen LogP) is 4.08. The molecule has 0 bridgehead atoms. The number of aromatic hydroxyl groups is 1.